The molecule has 0 aliphatic rings. The maximum atomic E-state index is 12.8. The summed E-state index contributed by atoms with van der Waals surface area (Å²) >= 11 is 0. The first-order chi connectivity index (χ1) is 5.75. The van der Waals surface area contributed by atoms with Gasteiger partial charge in [-0.1, -0.05) is 26.8 Å². The predicted molar refractivity (Wildman–Crippen MR) is 51.5 cm³/mol. The van der Waals surface area contributed by atoms with Gasteiger partial charge >= 0.3 is 0 Å². The Labute approximate surface area is 73.4 Å². The third-order valence-corrected chi connectivity index (χ3v) is 1.51. The molecular weight excluding hydrogens is 153 g/mol. The molecule has 1 nitrogen and oxygen atoms in total. The first kappa shape index (κ1) is 11.0. The topological polar surface area (TPSA) is 26.0 Å². The number of nitrogens with two attached hydrogens (primary N) is 1. The smallest absolute Gasteiger partial charge is 0.128 e. The van der Waals surface area contributed by atoms with Crippen molar-refractivity contribution in [3.05, 3.63) is 29.6 Å². The summed E-state index contributed by atoms with van der Waals surface area (Å²) in [5, 5.41) is 0. The number of nitrogen functional groups attached to an aromatic ring is 1. The number of hydrogen-bond donors (Lipinski definition) is 1. The van der Waals surface area contributed by atoms with Gasteiger partial charge in [0.25, 0.3) is 0 Å². The zero-order valence-electron chi connectivity index (χ0n) is 7.89. The molecule has 0 amide bonds. The Kier molecular flexibility index (Phi) is 5.09. The summed E-state index contributed by atoms with van der Waals surface area (Å²) in [6.45, 7) is 5.88. The van der Waals surface area contributed by atoms with Gasteiger partial charge in [0.2, 0.25) is 0 Å². The Hall–Kier alpha value is -1.05. The van der Waals surface area contributed by atoms with E-state index in [0.717, 1.165) is 0 Å². The van der Waals surface area contributed by atoms with Crippen molar-refractivity contribution in [1.29, 1.82) is 0 Å². The number of hydrogen-bond acceptors (Lipinski definition) is 1. The molecule has 0 bridgehead atoms. The lowest BCUT2D eigenvalue weighted by Crippen LogP contribution is -1.95. The summed E-state index contributed by atoms with van der Waals surface area (Å²) in [5.74, 6) is -0.206. The van der Waals surface area contributed by atoms with E-state index in [2.05, 4.69) is 0 Å². The van der Waals surface area contributed by atoms with Crippen molar-refractivity contribution in [3.8, 4) is 0 Å². The van der Waals surface area contributed by atoms with Crippen LogP contribution in [0.5, 0.6) is 0 Å². The third-order valence-electron chi connectivity index (χ3n) is 1.51. The van der Waals surface area contributed by atoms with Gasteiger partial charge in [0.1, 0.15) is 5.82 Å². The first-order valence-corrected chi connectivity index (χ1v) is 4.28. The lowest BCUT2D eigenvalue weighted by molar-refractivity contribution is 0.613. The highest BCUT2D eigenvalue weighted by atomic mass is 19.1. The highest BCUT2D eigenvalue weighted by Crippen LogP contribution is 2.15. The molecule has 2 heteroatoms. The highest BCUT2D eigenvalue weighted by Gasteiger charge is 2.00. The van der Waals surface area contributed by atoms with E-state index in [-0.39, 0.29) is 5.82 Å². The van der Waals surface area contributed by atoms with E-state index in [4.69, 9.17) is 5.73 Å². The predicted octanol–water partition coefficient (Wildman–Crippen LogP) is 3.00. The lowest BCUT2D eigenvalue weighted by Gasteiger charge is -2.01. The van der Waals surface area contributed by atoms with Gasteiger partial charge in [-0.3, -0.25) is 0 Å². The van der Waals surface area contributed by atoms with Crippen LogP contribution < -0.4 is 5.73 Å². The molecule has 0 spiro atoms. The quantitative estimate of drug-likeness (QED) is 0.642. The van der Waals surface area contributed by atoms with Gasteiger partial charge in [-0.25, -0.2) is 4.39 Å². The molecule has 68 valence electrons. The zero-order chi connectivity index (χ0) is 9.56. The molecular formula is C10H16FN. The molecule has 0 saturated carbocycles. The summed E-state index contributed by atoms with van der Waals surface area (Å²) in [6, 6.07) is 4.75. The number of rotatable bonds is 1. The fraction of sp³-hybridized carbons (Fsp3) is 0.400. The molecule has 0 aliphatic heterocycles. The van der Waals surface area contributed by atoms with Gasteiger partial charge in [-0.2, -0.15) is 0 Å². The Balaban J connectivity index is 0.000000561. The molecule has 0 aliphatic carbocycles. The van der Waals surface area contributed by atoms with E-state index in [1.165, 1.54) is 6.07 Å². The van der Waals surface area contributed by atoms with Crippen LogP contribution in [0.25, 0.3) is 0 Å². The van der Waals surface area contributed by atoms with E-state index in [9.17, 15) is 4.39 Å². The first-order valence-electron chi connectivity index (χ1n) is 4.28. The van der Waals surface area contributed by atoms with Crippen LogP contribution in [-0.2, 0) is 6.42 Å². The van der Waals surface area contributed by atoms with Gasteiger partial charge in [-0.05, 0) is 18.6 Å². The van der Waals surface area contributed by atoms with Gasteiger partial charge in [-0.15, -0.1) is 0 Å². The second-order valence-electron chi connectivity index (χ2n) is 2.16. The number of halogens is 1. The fourth-order valence-corrected chi connectivity index (χ4v) is 0.948. The molecule has 0 atom stereocenters. The SMILES string of the molecule is CC.CCc1c(N)cccc1F. The normalized spacial score (nSPS) is 8.67. The Bertz CT molecular complexity index is 213. The molecule has 0 unspecified atom stereocenters. The van der Waals surface area contributed by atoms with Crippen LogP contribution in [0.15, 0.2) is 18.2 Å². The number of anilines is 1. The van der Waals surface area contributed by atoms with Crippen LogP contribution in [0.4, 0.5) is 10.1 Å². The number of benzene rings is 1. The molecule has 0 heterocycles. The maximum Gasteiger partial charge on any atom is 0.128 e. The molecule has 1 rings (SSSR count). The fourth-order valence-electron chi connectivity index (χ4n) is 0.948. The van der Waals surface area contributed by atoms with Crippen LogP contribution in [-0.4, -0.2) is 0 Å². The van der Waals surface area contributed by atoms with Gasteiger partial charge < -0.3 is 5.73 Å². The van der Waals surface area contributed by atoms with Crippen molar-refractivity contribution in [1.82, 2.24) is 0 Å². The Morgan fingerprint density at radius 2 is 1.92 bits per heavy atom. The van der Waals surface area contributed by atoms with E-state index in [0.29, 0.717) is 17.7 Å². The largest absolute Gasteiger partial charge is 0.398 e. The minimum atomic E-state index is -0.206. The minimum absolute atomic E-state index is 0.206. The summed E-state index contributed by atoms with van der Waals surface area (Å²) in [5.41, 5.74) is 6.65. The van der Waals surface area contributed by atoms with Crippen LogP contribution in [0.3, 0.4) is 0 Å². The van der Waals surface area contributed by atoms with Gasteiger partial charge in [0.05, 0.1) is 0 Å². The van der Waals surface area contributed by atoms with E-state index in [1.54, 1.807) is 12.1 Å². The Morgan fingerprint density at radius 1 is 1.33 bits per heavy atom. The average molecular weight is 169 g/mol. The van der Waals surface area contributed by atoms with Gasteiger partial charge in [0, 0.05) is 11.3 Å². The second-order valence-corrected chi connectivity index (χ2v) is 2.16. The summed E-state index contributed by atoms with van der Waals surface area (Å²) in [7, 11) is 0. The average Bonchev–Trinajstić information content (AvgIpc) is 2.08. The van der Waals surface area contributed by atoms with Crippen molar-refractivity contribution in [3.63, 3.8) is 0 Å². The van der Waals surface area contributed by atoms with Crippen molar-refractivity contribution >= 4 is 5.69 Å². The van der Waals surface area contributed by atoms with Crippen molar-refractivity contribution in [2.24, 2.45) is 0 Å². The van der Waals surface area contributed by atoms with Crippen LogP contribution in [0.1, 0.15) is 26.3 Å². The highest BCUT2D eigenvalue weighted by molar-refractivity contribution is 5.46. The second kappa shape index (κ2) is 5.58. The molecule has 1 aromatic rings. The molecule has 0 radical (unpaired) electrons. The monoisotopic (exact) mass is 169 g/mol. The zero-order valence-corrected chi connectivity index (χ0v) is 7.89. The summed E-state index contributed by atoms with van der Waals surface area (Å²) in [4.78, 5) is 0. The maximum absolute atomic E-state index is 12.8. The van der Waals surface area contributed by atoms with Gasteiger partial charge in [0.15, 0.2) is 0 Å². The molecule has 0 fully saturated rings. The van der Waals surface area contributed by atoms with Crippen molar-refractivity contribution in [2.45, 2.75) is 27.2 Å². The molecule has 0 aromatic heterocycles. The molecule has 1 aromatic carbocycles. The molecule has 12 heavy (non-hydrogen) atoms. The van der Waals surface area contributed by atoms with Crippen LogP contribution in [0, 0.1) is 5.82 Å². The standard InChI is InChI=1S/C8H10FN.C2H6/c1-2-6-7(9)4-3-5-8(6)10;1-2/h3-5H,2,10H2,1H3;1-2H3. The van der Waals surface area contributed by atoms with E-state index in [1.807, 2.05) is 20.8 Å². The van der Waals surface area contributed by atoms with Crippen molar-refractivity contribution in [2.75, 3.05) is 5.73 Å². The summed E-state index contributed by atoms with van der Waals surface area (Å²) < 4.78 is 12.8. The minimum Gasteiger partial charge on any atom is -0.398 e. The van der Waals surface area contributed by atoms with Crippen molar-refractivity contribution < 1.29 is 4.39 Å². The third kappa shape index (κ3) is 2.53. The van der Waals surface area contributed by atoms with E-state index < -0.39 is 0 Å². The molecule has 0 saturated heterocycles. The summed E-state index contributed by atoms with van der Waals surface area (Å²) in [6.07, 6.45) is 0.651. The Morgan fingerprint density at radius 3 is 2.25 bits per heavy atom. The molecule has 2 N–H and O–H groups in total. The lowest BCUT2D eigenvalue weighted by atomic mass is 10.1. The van der Waals surface area contributed by atoms with Crippen LogP contribution in [0.2, 0.25) is 0 Å². The van der Waals surface area contributed by atoms with E-state index >= 15 is 0 Å². The van der Waals surface area contributed by atoms with Crippen LogP contribution >= 0.6 is 0 Å².